The molecular formula is C10H20N2O2. The number of hydrogen-bond acceptors (Lipinski definition) is 3. The second kappa shape index (κ2) is 5.98. The molecule has 1 saturated heterocycles. The van der Waals surface area contributed by atoms with Crippen molar-refractivity contribution in [1.82, 2.24) is 5.32 Å². The number of carbonyl (C=O) groups excluding carboxylic acids is 1. The lowest BCUT2D eigenvalue weighted by Gasteiger charge is -2.12. The summed E-state index contributed by atoms with van der Waals surface area (Å²) in [6, 6.07) is -0.362. The SMILES string of the molecule is CC[C@H](N)C(=O)NCCC1CCCO1. The predicted molar refractivity (Wildman–Crippen MR) is 54.9 cm³/mol. The third kappa shape index (κ3) is 3.64. The fraction of sp³-hybridized carbons (Fsp3) is 0.900. The van der Waals surface area contributed by atoms with Gasteiger partial charge in [0, 0.05) is 13.2 Å². The third-order valence-electron chi connectivity index (χ3n) is 2.57. The van der Waals surface area contributed by atoms with Crippen LogP contribution >= 0.6 is 0 Å². The van der Waals surface area contributed by atoms with Gasteiger partial charge in [-0.05, 0) is 25.7 Å². The van der Waals surface area contributed by atoms with Gasteiger partial charge in [-0.15, -0.1) is 0 Å². The average Bonchev–Trinajstić information content (AvgIpc) is 2.69. The van der Waals surface area contributed by atoms with Gasteiger partial charge in [-0.3, -0.25) is 4.79 Å². The summed E-state index contributed by atoms with van der Waals surface area (Å²) in [5, 5.41) is 2.82. The standard InChI is InChI=1S/C10H20N2O2/c1-2-9(11)10(13)12-6-5-8-4-3-7-14-8/h8-9H,2-7,11H2,1H3,(H,12,13)/t8?,9-/m0/s1. The molecule has 0 spiro atoms. The smallest absolute Gasteiger partial charge is 0.236 e. The van der Waals surface area contributed by atoms with Crippen LogP contribution < -0.4 is 11.1 Å². The fourth-order valence-corrected chi connectivity index (χ4v) is 1.54. The number of rotatable bonds is 5. The first kappa shape index (κ1) is 11.5. The number of ether oxygens (including phenoxy) is 1. The maximum atomic E-state index is 11.3. The van der Waals surface area contributed by atoms with Gasteiger partial charge in [0.15, 0.2) is 0 Å². The first-order valence-electron chi connectivity index (χ1n) is 5.39. The van der Waals surface area contributed by atoms with Crippen molar-refractivity contribution < 1.29 is 9.53 Å². The van der Waals surface area contributed by atoms with Crippen LogP contribution in [0, 0.1) is 0 Å². The van der Waals surface area contributed by atoms with Gasteiger partial charge in [0.25, 0.3) is 0 Å². The molecule has 1 amide bonds. The van der Waals surface area contributed by atoms with Crippen LogP contribution in [0.5, 0.6) is 0 Å². The van der Waals surface area contributed by atoms with Gasteiger partial charge in [0.05, 0.1) is 12.1 Å². The van der Waals surface area contributed by atoms with E-state index in [0.29, 0.717) is 19.1 Å². The average molecular weight is 200 g/mol. The highest BCUT2D eigenvalue weighted by atomic mass is 16.5. The molecule has 0 aliphatic carbocycles. The Morgan fingerprint density at radius 2 is 2.50 bits per heavy atom. The monoisotopic (exact) mass is 200 g/mol. The first-order valence-corrected chi connectivity index (χ1v) is 5.39. The van der Waals surface area contributed by atoms with E-state index in [9.17, 15) is 4.79 Å². The summed E-state index contributed by atoms with van der Waals surface area (Å²) < 4.78 is 5.44. The van der Waals surface area contributed by atoms with E-state index in [2.05, 4.69) is 5.32 Å². The maximum Gasteiger partial charge on any atom is 0.236 e. The molecule has 4 nitrogen and oxygen atoms in total. The highest BCUT2D eigenvalue weighted by Crippen LogP contribution is 2.14. The molecule has 1 fully saturated rings. The Labute approximate surface area is 85.2 Å². The van der Waals surface area contributed by atoms with E-state index in [1.54, 1.807) is 0 Å². The Hall–Kier alpha value is -0.610. The van der Waals surface area contributed by atoms with Gasteiger partial charge in [-0.25, -0.2) is 0 Å². The molecule has 0 aromatic rings. The van der Waals surface area contributed by atoms with Gasteiger partial charge < -0.3 is 15.8 Å². The van der Waals surface area contributed by atoms with Crippen molar-refractivity contribution in [1.29, 1.82) is 0 Å². The van der Waals surface area contributed by atoms with Crippen molar-refractivity contribution in [2.75, 3.05) is 13.2 Å². The second-order valence-electron chi connectivity index (χ2n) is 3.73. The largest absolute Gasteiger partial charge is 0.378 e. The molecule has 0 radical (unpaired) electrons. The summed E-state index contributed by atoms with van der Waals surface area (Å²) in [7, 11) is 0. The molecule has 1 aliphatic heterocycles. The zero-order valence-electron chi connectivity index (χ0n) is 8.79. The lowest BCUT2D eigenvalue weighted by molar-refractivity contribution is -0.122. The van der Waals surface area contributed by atoms with E-state index in [1.807, 2.05) is 6.92 Å². The molecule has 82 valence electrons. The number of hydrogen-bond donors (Lipinski definition) is 2. The van der Waals surface area contributed by atoms with E-state index in [-0.39, 0.29) is 11.9 Å². The van der Waals surface area contributed by atoms with Gasteiger partial charge in [0.2, 0.25) is 5.91 Å². The predicted octanol–water partition coefficient (Wildman–Crippen LogP) is 0.409. The van der Waals surface area contributed by atoms with Crippen LogP contribution in [0.4, 0.5) is 0 Å². The molecule has 1 heterocycles. The Morgan fingerprint density at radius 3 is 3.07 bits per heavy atom. The zero-order valence-corrected chi connectivity index (χ0v) is 8.79. The molecule has 0 bridgehead atoms. The van der Waals surface area contributed by atoms with Crippen LogP contribution in [0.15, 0.2) is 0 Å². The maximum absolute atomic E-state index is 11.3. The van der Waals surface area contributed by atoms with Gasteiger partial charge in [-0.1, -0.05) is 6.92 Å². The van der Waals surface area contributed by atoms with Gasteiger partial charge in [-0.2, -0.15) is 0 Å². The number of nitrogens with one attached hydrogen (secondary N) is 1. The Morgan fingerprint density at radius 1 is 1.71 bits per heavy atom. The first-order chi connectivity index (χ1) is 6.74. The van der Waals surface area contributed by atoms with Crippen LogP contribution in [0.3, 0.4) is 0 Å². The molecule has 1 aliphatic rings. The second-order valence-corrected chi connectivity index (χ2v) is 3.73. The molecule has 2 atom stereocenters. The summed E-state index contributed by atoms with van der Waals surface area (Å²) in [4.78, 5) is 11.3. The zero-order chi connectivity index (χ0) is 10.4. The number of amides is 1. The minimum Gasteiger partial charge on any atom is -0.378 e. The number of carbonyl (C=O) groups is 1. The molecular weight excluding hydrogens is 180 g/mol. The van der Waals surface area contributed by atoms with Crippen molar-refractivity contribution in [2.24, 2.45) is 5.73 Å². The Bertz CT molecular complexity index is 179. The molecule has 1 unspecified atom stereocenters. The summed E-state index contributed by atoms with van der Waals surface area (Å²) in [6.07, 6.45) is 4.20. The van der Waals surface area contributed by atoms with Crippen molar-refractivity contribution >= 4 is 5.91 Å². The van der Waals surface area contributed by atoms with E-state index >= 15 is 0 Å². The minimum absolute atomic E-state index is 0.0505. The van der Waals surface area contributed by atoms with Crippen LogP contribution in [-0.4, -0.2) is 31.2 Å². The normalized spacial score (nSPS) is 23.4. The Balaban J connectivity index is 2.05. The van der Waals surface area contributed by atoms with E-state index in [0.717, 1.165) is 25.9 Å². The molecule has 4 heteroatoms. The lowest BCUT2D eigenvalue weighted by atomic mass is 10.2. The van der Waals surface area contributed by atoms with Gasteiger partial charge in [0.1, 0.15) is 0 Å². The molecule has 0 saturated carbocycles. The minimum atomic E-state index is -0.362. The number of nitrogens with two attached hydrogens (primary N) is 1. The summed E-state index contributed by atoms with van der Waals surface area (Å²) in [6.45, 7) is 3.45. The summed E-state index contributed by atoms with van der Waals surface area (Å²) in [5.41, 5.74) is 5.57. The highest BCUT2D eigenvalue weighted by Gasteiger charge is 2.16. The third-order valence-corrected chi connectivity index (χ3v) is 2.57. The van der Waals surface area contributed by atoms with Crippen molar-refractivity contribution in [3.63, 3.8) is 0 Å². The molecule has 3 N–H and O–H groups in total. The van der Waals surface area contributed by atoms with Crippen molar-refractivity contribution in [2.45, 2.75) is 44.8 Å². The quantitative estimate of drug-likeness (QED) is 0.675. The van der Waals surface area contributed by atoms with Crippen molar-refractivity contribution in [3.05, 3.63) is 0 Å². The highest BCUT2D eigenvalue weighted by molar-refractivity contribution is 5.81. The van der Waals surface area contributed by atoms with Crippen LogP contribution in [0.2, 0.25) is 0 Å². The van der Waals surface area contributed by atoms with Crippen LogP contribution in [-0.2, 0) is 9.53 Å². The molecule has 0 aromatic carbocycles. The van der Waals surface area contributed by atoms with Crippen LogP contribution in [0.1, 0.15) is 32.6 Å². The fourth-order valence-electron chi connectivity index (χ4n) is 1.54. The van der Waals surface area contributed by atoms with Crippen LogP contribution in [0.25, 0.3) is 0 Å². The van der Waals surface area contributed by atoms with Crippen molar-refractivity contribution in [3.8, 4) is 0 Å². The summed E-state index contributed by atoms with van der Waals surface area (Å²) in [5.74, 6) is -0.0505. The topological polar surface area (TPSA) is 64.4 Å². The molecule has 0 aromatic heterocycles. The van der Waals surface area contributed by atoms with E-state index in [1.165, 1.54) is 0 Å². The summed E-state index contributed by atoms with van der Waals surface area (Å²) >= 11 is 0. The molecule has 1 rings (SSSR count). The van der Waals surface area contributed by atoms with E-state index in [4.69, 9.17) is 10.5 Å². The van der Waals surface area contributed by atoms with E-state index < -0.39 is 0 Å². The Kier molecular flexibility index (Phi) is 4.90. The molecule has 14 heavy (non-hydrogen) atoms. The lowest BCUT2D eigenvalue weighted by Crippen LogP contribution is -2.40. The van der Waals surface area contributed by atoms with Gasteiger partial charge >= 0.3 is 0 Å².